The summed E-state index contributed by atoms with van der Waals surface area (Å²) in [5.41, 5.74) is 0. The van der Waals surface area contributed by atoms with Crippen LogP contribution in [0.15, 0.2) is 12.2 Å². The Morgan fingerprint density at radius 2 is 0.918 bits per heavy atom. The van der Waals surface area contributed by atoms with E-state index in [1.165, 1.54) is 87.7 Å². The van der Waals surface area contributed by atoms with E-state index >= 15 is 9.59 Å². The number of likely N-dealkylation sites (N-methyl/N-ethyl adjacent to an activating group) is 7. The van der Waals surface area contributed by atoms with E-state index in [1.807, 2.05) is 61.5 Å². The normalized spacial score (nSPS) is 27.0. The van der Waals surface area contributed by atoms with Crippen LogP contribution < -0.4 is 16.0 Å². The number of allylic oxidation sites excluding steroid dienone is 2. The highest BCUT2D eigenvalue weighted by molar-refractivity contribution is 5.99. The summed E-state index contributed by atoms with van der Waals surface area (Å²) in [5.74, 6) is -9.97. The number of hydrogen-bond acceptors (Lipinski definition) is 12. The van der Waals surface area contributed by atoms with E-state index in [1.54, 1.807) is 54.5 Å². The minimum absolute atomic E-state index is 0.0329. The fourth-order valence-electron chi connectivity index (χ4n) is 11.0. The van der Waals surface area contributed by atoms with Crippen LogP contribution in [0.1, 0.15) is 163 Å². The minimum atomic E-state index is -1.60. The average Bonchev–Trinajstić information content (AvgIpc) is 3.62. The summed E-state index contributed by atoms with van der Waals surface area (Å²) >= 11 is 0. The molecule has 0 saturated carbocycles. The Morgan fingerprint density at radius 3 is 1.38 bits per heavy atom. The van der Waals surface area contributed by atoms with Gasteiger partial charge in [0, 0.05) is 61.7 Å². The Bertz CT molecular complexity index is 2320. The van der Waals surface area contributed by atoms with Crippen LogP contribution in [0.3, 0.4) is 0 Å². The molecule has 1 fully saturated rings. The molecule has 1 aliphatic heterocycles. The summed E-state index contributed by atoms with van der Waals surface area (Å²) in [4.78, 5) is 169. The molecule has 0 radical (unpaired) electrons. The molecule has 4 unspecified atom stereocenters. The summed E-state index contributed by atoms with van der Waals surface area (Å²) in [5, 5.41) is 20.3. The lowest BCUT2D eigenvalue weighted by atomic mass is 9.85. The highest BCUT2D eigenvalue weighted by Gasteiger charge is 2.45. The SMILES string of the molecule is C/C=C/C[C@@H](C)C(O)[C@H]1C(=O)N[C@@H](CC)C(=O)N(C)CC(=O)N(C)[C@@H](CC(C)C)C(=O)C[C@@H](C(C)C)C(=O)N(C)[C@@H](CC(C)C)C(=O)N[C@@H](C)C(=O)NC(C)C(=O)N(C)[C@@H](CC(C)C)C(=O)N(C)C(CC(C)C)C(=O)N(C)C(C(C)C)C(=O)N1C. The lowest BCUT2D eigenvalue weighted by Crippen LogP contribution is -2.63. The molecule has 1 heterocycles. The van der Waals surface area contributed by atoms with E-state index in [2.05, 4.69) is 16.0 Å². The Hall–Kier alpha value is -5.93. The predicted octanol–water partition coefficient (Wildman–Crippen LogP) is 4.36. The fraction of sp³-hybridized carbons (Fsp3) is 0.794. The van der Waals surface area contributed by atoms with Gasteiger partial charge in [0.05, 0.1) is 18.7 Å². The van der Waals surface area contributed by atoms with Gasteiger partial charge in [0.15, 0.2) is 5.78 Å². The topological polar surface area (TPSA) is 267 Å². The second kappa shape index (κ2) is 35.0. The minimum Gasteiger partial charge on any atom is -0.390 e. The third-order valence-electron chi connectivity index (χ3n) is 16.5. The molecule has 1 saturated heterocycles. The molecular weight excluding hydrogens is 1090 g/mol. The van der Waals surface area contributed by atoms with Crippen molar-refractivity contribution in [2.45, 2.75) is 223 Å². The number of rotatable bonds is 15. The summed E-state index contributed by atoms with van der Waals surface area (Å²) in [6.45, 7) is 29.6. The van der Waals surface area contributed by atoms with Crippen LogP contribution in [0, 0.1) is 47.3 Å². The second-order valence-corrected chi connectivity index (χ2v) is 26.4. The van der Waals surface area contributed by atoms with Crippen LogP contribution in [-0.2, 0) is 52.7 Å². The van der Waals surface area contributed by atoms with E-state index in [4.69, 9.17) is 0 Å². The third kappa shape index (κ3) is 21.8. The quantitative estimate of drug-likeness (QED) is 0.167. The Labute approximate surface area is 509 Å². The lowest BCUT2D eigenvalue weighted by Gasteiger charge is -2.41. The highest BCUT2D eigenvalue weighted by Crippen LogP contribution is 2.27. The second-order valence-electron chi connectivity index (χ2n) is 26.4. The van der Waals surface area contributed by atoms with Gasteiger partial charge in [-0.25, -0.2) is 0 Å². The molecule has 4 N–H and O–H groups in total. The zero-order valence-corrected chi connectivity index (χ0v) is 56.3. The van der Waals surface area contributed by atoms with Crippen LogP contribution >= 0.6 is 0 Å². The van der Waals surface area contributed by atoms with Crippen molar-refractivity contribution < 1.29 is 57.8 Å². The largest absolute Gasteiger partial charge is 0.390 e. The van der Waals surface area contributed by atoms with Crippen LogP contribution in [0.5, 0.6) is 0 Å². The van der Waals surface area contributed by atoms with Gasteiger partial charge in [0.2, 0.25) is 59.1 Å². The maximum atomic E-state index is 15.1. The van der Waals surface area contributed by atoms with Gasteiger partial charge in [0.1, 0.15) is 48.3 Å². The average molecular weight is 1200 g/mol. The molecule has 0 bridgehead atoms. The predicted molar refractivity (Wildman–Crippen MR) is 330 cm³/mol. The number of Topliss-reactive ketones (excluding diaryl/α,β-unsaturated/α-hetero) is 1. The van der Waals surface area contributed by atoms with Gasteiger partial charge >= 0.3 is 0 Å². The summed E-state index contributed by atoms with van der Waals surface area (Å²) in [6.07, 6.45) is 2.88. The van der Waals surface area contributed by atoms with Crippen molar-refractivity contribution in [1.82, 2.24) is 50.2 Å². The molecule has 22 heteroatoms. The van der Waals surface area contributed by atoms with Gasteiger partial charge in [-0.3, -0.25) is 52.7 Å². The molecule has 1 aliphatic rings. The number of carbonyl (C=O) groups excluding carboxylic acids is 11. The first-order valence-electron chi connectivity index (χ1n) is 30.8. The van der Waals surface area contributed by atoms with E-state index < -0.39 is 156 Å². The van der Waals surface area contributed by atoms with Crippen molar-refractivity contribution in [3.05, 3.63) is 12.2 Å². The van der Waals surface area contributed by atoms with Crippen molar-refractivity contribution in [1.29, 1.82) is 0 Å². The molecular formula is C63H112N10O12. The Kier molecular flexibility index (Phi) is 31.8. The number of amides is 10. The molecule has 0 aromatic heterocycles. The molecule has 10 amide bonds. The van der Waals surface area contributed by atoms with E-state index in [9.17, 15) is 48.3 Å². The number of aliphatic hydroxyl groups is 1. The maximum Gasteiger partial charge on any atom is 0.246 e. The number of nitrogens with one attached hydrogen (secondary N) is 3. The molecule has 12 atom stereocenters. The van der Waals surface area contributed by atoms with Crippen molar-refractivity contribution in [2.75, 3.05) is 55.9 Å². The smallest absolute Gasteiger partial charge is 0.246 e. The summed E-state index contributed by atoms with van der Waals surface area (Å²) < 4.78 is 0. The van der Waals surface area contributed by atoms with Gasteiger partial charge in [-0.2, -0.15) is 0 Å². The van der Waals surface area contributed by atoms with Gasteiger partial charge in [0.25, 0.3) is 0 Å². The number of aliphatic hydroxyl groups excluding tert-OH is 1. The molecule has 0 aromatic rings. The van der Waals surface area contributed by atoms with Crippen LogP contribution in [-0.4, -0.2) is 221 Å². The standard InChI is InChI=1S/C63H112N10O12/c1-25-27-28-41(15)54(76)53-57(79)66-45(26-2)60(82)67(18)34-51(75)68(19)46(29-35(3)4)50(74)33-44(39(11)12)59(81)69(20)47(30-36(5)6)56(78)64-42(16)55(77)65-43(17)58(80)70(21)48(31-37(7)8)61(83)71(22)49(32-38(9)10)62(84)72(23)52(40(13)14)63(85)73(53)24/h25,27,35-49,52-54,76H,26,28-34H2,1-24H3,(H,64,78)(H,65,77)(H,66,79)/b27-25+/t41-,42+,43?,44+,45+,46+,47+,48+,49?,52?,53+,54?/m1/s1. The molecule has 22 nitrogen and oxygen atoms in total. The first kappa shape index (κ1) is 77.1. The number of ketones is 1. The number of hydrogen-bond donors (Lipinski definition) is 4. The number of nitrogens with zero attached hydrogens (tertiary/aromatic N) is 7. The zero-order chi connectivity index (χ0) is 66.0. The highest BCUT2D eigenvalue weighted by atomic mass is 16.3. The van der Waals surface area contributed by atoms with Gasteiger partial charge in [-0.1, -0.05) is 109 Å². The van der Waals surface area contributed by atoms with Crippen molar-refractivity contribution in [3.63, 3.8) is 0 Å². The van der Waals surface area contributed by atoms with Crippen LogP contribution in [0.4, 0.5) is 0 Å². The molecule has 85 heavy (non-hydrogen) atoms. The molecule has 0 aromatic carbocycles. The molecule has 0 spiro atoms. The first-order valence-corrected chi connectivity index (χ1v) is 30.8. The van der Waals surface area contributed by atoms with E-state index in [0.29, 0.717) is 6.42 Å². The van der Waals surface area contributed by atoms with E-state index in [0.717, 1.165) is 9.80 Å². The van der Waals surface area contributed by atoms with Crippen LogP contribution in [0.2, 0.25) is 0 Å². The van der Waals surface area contributed by atoms with Crippen molar-refractivity contribution in [3.8, 4) is 0 Å². The van der Waals surface area contributed by atoms with Gasteiger partial charge < -0.3 is 55.4 Å². The summed E-state index contributed by atoms with van der Waals surface area (Å²) in [6, 6.07) is -10.9. The van der Waals surface area contributed by atoms with Crippen molar-refractivity contribution in [2.24, 2.45) is 47.3 Å². The van der Waals surface area contributed by atoms with Gasteiger partial charge in [-0.05, 0) is 101 Å². The monoisotopic (exact) mass is 1200 g/mol. The molecule has 0 aliphatic carbocycles. The number of carbonyl (C=O) groups is 11. The van der Waals surface area contributed by atoms with Crippen LogP contribution in [0.25, 0.3) is 0 Å². The Balaban J connectivity index is 4.32. The zero-order valence-electron chi connectivity index (χ0n) is 56.3. The van der Waals surface area contributed by atoms with Gasteiger partial charge in [-0.15, -0.1) is 0 Å². The lowest BCUT2D eigenvalue weighted by molar-refractivity contribution is -0.157. The Morgan fingerprint density at radius 1 is 0.482 bits per heavy atom. The fourth-order valence-corrected chi connectivity index (χ4v) is 11.0. The molecule has 1 rings (SSSR count). The summed E-state index contributed by atoms with van der Waals surface area (Å²) in [7, 11) is 10.0. The van der Waals surface area contributed by atoms with Crippen molar-refractivity contribution >= 4 is 64.9 Å². The third-order valence-corrected chi connectivity index (χ3v) is 16.5. The maximum absolute atomic E-state index is 15.1. The van der Waals surface area contributed by atoms with E-state index in [-0.39, 0.29) is 62.2 Å². The first-order chi connectivity index (χ1) is 39.2. The molecule has 486 valence electrons.